The van der Waals surface area contributed by atoms with E-state index >= 15 is 0 Å². The number of nitrogens with one attached hydrogen (secondary N) is 1. The first-order valence-electron chi connectivity index (χ1n) is 7.19. The monoisotopic (exact) mass is 245 g/mol. The molecule has 1 unspecified atom stereocenters. The molecule has 0 aromatic heterocycles. The summed E-state index contributed by atoms with van der Waals surface area (Å²) in [5, 5.41) is 3.78. The highest BCUT2D eigenvalue weighted by atomic mass is 16.5. The van der Waals surface area contributed by atoms with Gasteiger partial charge in [0.15, 0.2) is 0 Å². The Hall–Kier alpha value is -1.02. The lowest BCUT2D eigenvalue weighted by molar-refractivity contribution is 0.248. The fourth-order valence-corrected chi connectivity index (χ4v) is 2.89. The van der Waals surface area contributed by atoms with Gasteiger partial charge in [-0.25, -0.2) is 0 Å². The highest BCUT2D eigenvalue weighted by molar-refractivity contribution is 5.50. The first-order valence-corrected chi connectivity index (χ1v) is 7.19. The number of ether oxygens (including phenoxy) is 1. The van der Waals surface area contributed by atoms with Gasteiger partial charge in [0, 0.05) is 24.1 Å². The predicted molar refractivity (Wildman–Crippen MR) is 74.3 cm³/mol. The quantitative estimate of drug-likeness (QED) is 0.877. The summed E-state index contributed by atoms with van der Waals surface area (Å²) in [6.45, 7) is 7.54. The van der Waals surface area contributed by atoms with Gasteiger partial charge in [-0.1, -0.05) is 26.0 Å². The third-order valence-corrected chi connectivity index (χ3v) is 4.08. The van der Waals surface area contributed by atoms with Gasteiger partial charge in [-0.05, 0) is 36.8 Å². The summed E-state index contributed by atoms with van der Waals surface area (Å²) in [7, 11) is 0. The van der Waals surface area contributed by atoms with Crippen LogP contribution in [-0.4, -0.2) is 12.6 Å². The largest absolute Gasteiger partial charge is 0.493 e. The summed E-state index contributed by atoms with van der Waals surface area (Å²) in [4.78, 5) is 0. The number of hydrogen-bond acceptors (Lipinski definition) is 2. The van der Waals surface area contributed by atoms with Gasteiger partial charge in [0.05, 0.1) is 6.61 Å². The van der Waals surface area contributed by atoms with Crippen LogP contribution in [0, 0.1) is 6.92 Å². The van der Waals surface area contributed by atoms with E-state index in [0.29, 0.717) is 12.0 Å². The molecular weight excluding hydrogens is 222 g/mol. The van der Waals surface area contributed by atoms with Crippen molar-refractivity contribution in [3.05, 3.63) is 28.8 Å². The topological polar surface area (TPSA) is 21.3 Å². The van der Waals surface area contributed by atoms with Gasteiger partial charge in [0.25, 0.3) is 0 Å². The highest BCUT2D eigenvalue weighted by Crippen LogP contribution is 2.41. The van der Waals surface area contributed by atoms with Crippen molar-refractivity contribution in [2.45, 2.75) is 58.0 Å². The lowest BCUT2D eigenvalue weighted by Gasteiger charge is -2.31. The van der Waals surface area contributed by atoms with E-state index < -0.39 is 0 Å². The summed E-state index contributed by atoms with van der Waals surface area (Å²) >= 11 is 0. The molecule has 98 valence electrons. The van der Waals surface area contributed by atoms with E-state index in [4.69, 9.17) is 4.74 Å². The number of fused-ring (bicyclic) bond motifs is 1. The van der Waals surface area contributed by atoms with Crippen molar-refractivity contribution in [2.75, 3.05) is 6.61 Å². The fraction of sp³-hybridized carbons (Fsp3) is 0.625. The molecule has 1 N–H and O–H groups in total. The first kappa shape index (κ1) is 12.0. The highest BCUT2D eigenvalue weighted by Gasteiger charge is 2.31. The van der Waals surface area contributed by atoms with Crippen LogP contribution in [0.5, 0.6) is 5.75 Å². The van der Waals surface area contributed by atoms with Gasteiger partial charge in [-0.3, -0.25) is 0 Å². The van der Waals surface area contributed by atoms with Gasteiger partial charge < -0.3 is 10.1 Å². The van der Waals surface area contributed by atoms with Crippen molar-refractivity contribution in [1.29, 1.82) is 0 Å². The molecule has 0 bridgehead atoms. The van der Waals surface area contributed by atoms with Crippen LogP contribution >= 0.6 is 0 Å². The van der Waals surface area contributed by atoms with Crippen LogP contribution < -0.4 is 10.1 Å². The van der Waals surface area contributed by atoms with E-state index in [0.717, 1.165) is 24.8 Å². The molecule has 1 aliphatic heterocycles. The molecule has 2 heteroatoms. The van der Waals surface area contributed by atoms with Crippen LogP contribution in [0.15, 0.2) is 12.1 Å². The van der Waals surface area contributed by atoms with E-state index in [1.807, 2.05) is 0 Å². The molecule has 3 rings (SSSR count). The van der Waals surface area contributed by atoms with Crippen molar-refractivity contribution in [1.82, 2.24) is 5.32 Å². The molecule has 1 heterocycles. The summed E-state index contributed by atoms with van der Waals surface area (Å²) in [5.74, 6) is 1.69. The van der Waals surface area contributed by atoms with Crippen molar-refractivity contribution in [2.24, 2.45) is 0 Å². The second kappa shape index (κ2) is 4.58. The van der Waals surface area contributed by atoms with Gasteiger partial charge >= 0.3 is 0 Å². The molecule has 1 aromatic rings. The zero-order chi connectivity index (χ0) is 12.7. The maximum absolute atomic E-state index is 5.99. The number of hydrogen-bond donors (Lipinski definition) is 1. The number of benzene rings is 1. The Kier molecular flexibility index (Phi) is 3.06. The van der Waals surface area contributed by atoms with Crippen molar-refractivity contribution in [3.63, 3.8) is 0 Å². The minimum absolute atomic E-state index is 0.500. The third kappa shape index (κ3) is 2.14. The molecule has 1 saturated carbocycles. The van der Waals surface area contributed by atoms with Gasteiger partial charge in [-0.2, -0.15) is 0 Å². The Morgan fingerprint density at radius 3 is 2.67 bits per heavy atom. The van der Waals surface area contributed by atoms with Crippen LogP contribution in [0.25, 0.3) is 0 Å². The Morgan fingerprint density at radius 1 is 1.22 bits per heavy atom. The van der Waals surface area contributed by atoms with Gasteiger partial charge in [-0.15, -0.1) is 0 Å². The van der Waals surface area contributed by atoms with Crippen molar-refractivity contribution in [3.8, 4) is 5.75 Å². The van der Waals surface area contributed by atoms with E-state index in [-0.39, 0.29) is 0 Å². The smallest absolute Gasteiger partial charge is 0.127 e. The second-order valence-electron chi connectivity index (χ2n) is 6.00. The SMILES string of the molecule is Cc1ccc(C(C)C)c2c1C(NC1CC1)CCO2. The Labute approximate surface area is 110 Å². The molecule has 2 aliphatic rings. The van der Waals surface area contributed by atoms with E-state index in [1.54, 1.807) is 0 Å². The van der Waals surface area contributed by atoms with Crippen LogP contribution in [0.4, 0.5) is 0 Å². The summed E-state index contributed by atoms with van der Waals surface area (Å²) < 4.78 is 5.99. The zero-order valence-corrected chi connectivity index (χ0v) is 11.6. The van der Waals surface area contributed by atoms with Crippen LogP contribution in [0.2, 0.25) is 0 Å². The molecule has 0 radical (unpaired) electrons. The average Bonchev–Trinajstić information content (AvgIpc) is 3.13. The number of rotatable bonds is 3. The van der Waals surface area contributed by atoms with Gasteiger partial charge in [0.1, 0.15) is 5.75 Å². The van der Waals surface area contributed by atoms with Crippen LogP contribution in [0.1, 0.15) is 61.8 Å². The van der Waals surface area contributed by atoms with E-state index in [9.17, 15) is 0 Å². The molecule has 0 amide bonds. The maximum atomic E-state index is 5.99. The first-order chi connectivity index (χ1) is 8.66. The molecular formula is C16H23NO. The summed E-state index contributed by atoms with van der Waals surface area (Å²) in [6, 6.07) is 5.74. The number of aryl methyl sites for hydroxylation is 1. The van der Waals surface area contributed by atoms with Crippen molar-refractivity contribution < 1.29 is 4.74 Å². The minimum atomic E-state index is 0.500. The zero-order valence-electron chi connectivity index (χ0n) is 11.6. The summed E-state index contributed by atoms with van der Waals surface area (Å²) in [6.07, 6.45) is 3.79. The lowest BCUT2D eigenvalue weighted by atomic mass is 9.89. The molecule has 1 atom stereocenters. The second-order valence-corrected chi connectivity index (χ2v) is 6.00. The summed E-state index contributed by atoms with van der Waals surface area (Å²) in [5.41, 5.74) is 4.14. The Morgan fingerprint density at radius 2 is 2.00 bits per heavy atom. The normalized spacial score (nSPS) is 22.8. The predicted octanol–water partition coefficient (Wildman–Crippen LogP) is 3.69. The van der Waals surface area contributed by atoms with Crippen LogP contribution in [-0.2, 0) is 0 Å². The standard InChI is InChI=1S/C16H23NO/c1-10(2)13-7-4-11(3)15-14(17-12-5-6-12)8-9-18-16(13)15/h4,7,10,12,14,17H,5-6,8-9H2,1-3H3. The van der Waals surface area contributed by atoms with E-state index in [2.05, 4.69) is 38.2 Å². The average molecular weight is 245 g/mol. The lowest BCUT2D eigenvalue weighted by Crippen LogP contribution is -2.29. The Bertz CT molecular complexity index is 449. The molecule has 1 fully saturated rings. The third-order valence-electron chi connectivity index (χ3n) is 4.08. The molecule has 1 aromatic carbocycles. The fourth-order valence-electron chi connectivity index (χ4n) is 2.89. The molecule has 0 saturated heterocycles. The maximum Gasteiger partial charge on any atom is 0.127 e. The van der Waals surface area contributed by atoms with Crippen molar-refractivity contribution >= 4 is 0 Å². The molecule has 1 aliphatic carbocycles. The minimum Gasteiger partial charge on any atom is -0.493 e. The van der Waals surface area contributed by atoms with E-state index in [1.165, 1.54) is 29.5 Å². The molecule has 0 spiro atoms. The molecule has 18 heavy (non-hydrogen) atoms. The Balaban J connectivity index is 2.00. The van der Waals surface area contributed by atoms with Crippen LogP contribution in [0.3, 0.4) is 0 Å². The molecule has 2 nitrogen and oxygen atoms in total. The van der Waals surface area contributed by atoms with Gasteiger partial charge in [0.2, 0.25) is 0 Å².